The SMILES string of the molecule is O=C(COc1cc(F)ccc1Br)c1cccc(Cl)c1. The molecule has 0 aliphatic carbocycles. The van der Waals surface area contributed by atoms with Crippen molar-refractivity contribution in [1.82, 2.24) is 0 Å². The molecule has 0 N–H and O–H groups in total. The molecule has 2 rings (SSSR count). The predicted octanol–water partition coefficient (Wildman–Crippen LogP) is 4.50. The zero-order chi connectivity index (χ0) is 13.8. The lowest BCUT2D eigenvalue weighted by Gasteiger charge is -2.07. The van der Waals surface area contributed by atoms with E-state index in [2.05, 4.69) is 15.9 Å². The Hall–Kier alpha value is -1.39. The van der Waals surface area contributed by atoms with Gasteiger partial charge in [-0.25, -0.2) is 4.39 Å². The number of hydrogen-bond donors (Lipinski definition) is 0. The second kappa shape index (κ2) is 6.17. The van der Waals surface area contributed by atoms with E-state index in [1.165, 1.54) is 18.2 Å². The van der Waals surface area contributed by atoms with E-state index in [1.807, 2.05) is 0 Å². The van der Waals surface area contributed by atoms with Gasteiger partial charge < -0.3 is 4.74 Å². The quantitative estimate of drug-likeness (QED) is 0.764. The Bertz CT molecular complexity index is 616. The average molecular weight is 344 g/mol. The Labute approximate surface area is 123 Å². The van der Waals surface area contributed by atoms with E-state index in [0.717, 1.165) is 0 Å². The fraction of sp³-hybridized carbons (Fsp3) is 0.0714. The third-order valence-electron chi connectivity index (χ3n) is 2.40. The Kier molecular flexibility index (Phi) is 4.56. The number of ether oxygens (including phenoxy) is 1. The van der Waals surface area contributed by atoms with E-state index in [9.17, 15) is 9.18 Å². The van der Waals surface area contributed by atoms with Crippen molar-refractivity contribution in [3.63, 3.8) is 0 Å². The summed E-state index contributed by atoms with van der Waals surface area (Å²) in [5.41, 5.74) is 0.458. The summed E-state index contributed by atoms with van der Waals surface area (Å²) in [6.45, 7) is -0.178. The molecule has 0 spiro atoms. The van der Waals surface area contributed by atoms with Crippen molar-refractivity contribution >= 4 is 33.3 Å². The molecule has 98 valence electrons. The maximum absolute atomic E-state index is 13.0. The smallest absolute Gasteiger partial charge is 0.200 e. The zero-order valence-corrected chi connectivity index (χ0v) is 12.0. The maximum Gasteiger partial charge on any atom is 0.200 e. The minimum atomic E-state index is -0.423. The highest BCUT2D eigenvalue weighted by atomic mass is 79.9. The van der Waals surface area contributed by atoms with Gasteiger partial charge in [0.05, 0.1) is 4.47 Å². The molecule has 0 saturated carbocycles. The van der Waals surface area contributed by atoms with Crippen LogP contribution < -0.4 is 4.74 Å². The molecule has 2 aromatic rings. The molecule has 0 aromatic heterocycles. The van der Waals surface area contributed by atoms with E-state index >= 15 is 0 Å². The van der Waals surface area contributed by atoms with Gasteiger partial charge in [-0.1, -0.05) is 23.7 Å². The number of benzene rings is 2. The number of hydrogen-bond acceptors (Lipinski definition) is 2. The minimum Gasteiger partial charge on any atom is -0.484 e. The normalized spacial score (nSPS) is 10.3. The van der Waals surface area contributed by atoms with Gasteiger partial charge in [-0.05, 0) is 40.2 Å². The van der Waals surface area contributed by atoms with Crippen LogP contribution in [-0.4, -0.2) is 12.4 Å². The summed E-state index contributed by atoms with van der Waals surface area (Å²) in [6.07, 6.45) is 0. The van der Waals surface area contributed by atoms with Gasteiger partial charge in [-0.3, -0.25) is 4.79 Å². The Morgan fingerprint density at radius 3 is 2.79 bits per heavy atom. The van der Waals surface area contributed by atoms with Crippen LogP contribution in [0.5, 0.6) is 5.75 Å². The Balaban J connectivity index is 2.06. The average Bonchev–Trinajstić information content (AvgIpc) is 2.39. The largest absolute Gasteiger partial charge is 0.484 e. The number of ketones is 1. The molecular formula is C14H9BrClFO2. The van der Waals surface area contributed by atoms with Crippen LogP contribution in [0.2, 0.25) is 5.02 Å². The molecule has 0 aliphatic heterocycles. The first-order valence-corrected chi connectivity index (χ1v) is 6.60. The first-order valence-electron chi connectivity index (χ1n) is 5.43. The number of halogens is 3. The molecule has 0 unspecified atom stereocenters. The molecule has 0 bridgehead atoms. The second-order valence-corrected chi connectivity index (χ2v) is 5.09. The van der Waals surface area contributed by atoms with Crippen LogP contribution in [0.1, 0.15) is 10.4 Å². The van der Waals surface area contributed by atoms with Crippen molar-refractivity contribution in [2.24, 2.45) is 0 Å². The highest BCUT2D eigenvalue weighted by Crippen LogP contribution is 2.25. The van der Waals surface area contributed by atoms with E-state index < -0.39 is 5.82 Å². The van der Waals surface area contributed by atoms with Crippen LogP contribution in [0, 0.1) is 5.82 Å². The van der Waals surface area contributed by atoms with Gasteiger partial charge in [-0.15, -0.1) is 0 Å². The summed E-state index contributed by atoms with van der Waals surface area (Å²) in [7, 11) is 0. The summed E-state index contributed by atoms with van der Waals surface area (Å²) >= 11 is 9.03. The molecule has 2 nitrogen and oxygen atoms in total. The number of Topliss-reactive ketones (excluding diaryl/α,β-unsaturated/α-hetero) is 1. The van der Waals surface area contributed by atoms with Crippen molar-refractivity contribution in [2.45, 2.75) is 0 Å². The molecule has 0 saturated heterocycles. The Morgan fingerprint density at radius 2 is 2.05 bits per heavy atom. The third-order valence-corrected chi connectivity index (χ3v) is 3.29. The Morgan fingerprint density at radius 1 is 1.26 bits per heavy atom. The molecule has 0 radical (unpaired) electrons. The number of carbonyl (C=O) groups is 1. The van der Waals surface area contributed by atoms with Gasteiger partial charge in [0.25, 0.3) is 0 Å². The fourth-order valence-corrected chi connectivity index (χ4v) is 2.03. The van der Waals surface area contributed by atoms with Crippen LogP contribution in [0.15, 0.2) is 46.9 Å². The fourth-order valence-electron chi connectivity index (χ4n) is 1.48. The van der Waals surface area contributed by atoms with Crippen LogP contribution in [-0.2, 0) is 0 Å². The van der Waals surface area contributed by atoms with Crippen LogP contribution in [0.25, 0.3) is 0 Å². The van der Waals surface area contributed by atoms with Gasteiger partial charge in [0, 0.05) is 16.7 Å². The van der Waals surface area contributed by atoms with Crippen LogP contribution in [0.4, 0.5) is 4.39 Å². The monoisotopic (exact) mass is 342 g/mol. The van der Waals surface area contributed by atoms with Gasteiger partial charge in [0.1, 0.15) is 11.6 Å². The van der Waals surface area contributed by atoms with Gasteiger partial charge in [-0.2, -0.15) is 0 Å². The highest BCUT2D eigenvalue weighted by Gasteiger charge is 2.09. The lowest BCUT2D eigenvalue weighted by molar-refractivity contribution is 0.0920. The van der Waals surface area contributed by atoms with E-state index in [-0.39, 0.29) is 18.1 Å². The predicted molar refractivity (Wildman–Crippen MR) is 75.4 cm³/mol. The first kappa shape index (κ1) is 14.0. The molecule has 5 heteroatoms. The lowest BCUT2D eigenvalue weighted by Crippen LogP contribution is -2.11. The summed E-state index contributed by atoms with van der Waals surface area (Å²) in [5, 5.41) is 0.484. The topological polar surface area (TPSA) is 26.3 Å². The van der Waals surface area contributed by atoms with Crippen molar-refractivity contribution in [2.75, 3.05) is 6.61 Å². The molecule has 2 aromatic carbocycles. The molecular weight excluding hydrogens is 335 g/mol. The summed E-state index contributed by atoms with van der Waals surface area (Å²) in [5.74, 6) is -0.359. The third kappa shape index (κ3) is 3.78. The van der Waals surface area contributed by atoms with E-state index in [4.69, 9.17) is 16.3 Å². The van der Waals surface area contributed by atoms with Crippen molar-refractivity contribution in [3.05, 3.63) is 63.3 Å². The van der Waals surface area contributed by atoms with Gasteiger partial charge in [0.15, 0.2) is 12.4 Å². The first-order chi connectivity index (χ1) is 9.06. The van der Waals surface area contributed by atoms with Gasteiger partial charge in [0.2, 0.25) is 0 Å². The second-order valence-electron chi connectivity index (χ2n) is 3.80. The summed E-state index contributed by atoms with van der Waals surface area (Å²) < 4.78 is 18.9. The van der Waals surface area contributed by atoms with Crippen molar-refractivity contribution in [3.8, 4) is 5.75 Å². The zero-order valence-electron chi connectivity index (χ0n) is 9.70. The summed E-state index contributed by atoms with van der Waals surface area (Å²) in [4.78, 5) is 11.9. The number of carbonyl (C=O) groups excluding carboxylic acids is 1. The minimum absolute atomic E-state index is 0.178. The molecule has 0 amide bonds. The van der Waals surface area contributed by atoms with E-state index in [0.29, 0.717) is 15.1 Å². The maximum atomic E-state index is 13.0. The number of rotatable bonds is 4. The van der Waals surface area contributed by atoms with Gasteiger partial charge >= 0.3 is 0 Å². The lowest BCUT2D eigenvalue weighted by atomic mass is 10.1. The standard InChI is InChI=1S/C14H9BrClFO2/c15-12-5-4-11(17)7-14(12)19-8-13(18)9-2-1-3-10(16)6-9/h1-7H,8H2. The van der Waals surface area contributed by atoms with Crippen molar-refractivity contribution in [1.29, 1.82) is 0 Å². The molecule has 19 heavy (non-hydrogen) atoms. The van der Waals surface area contributed by atoms with Crippen LogP contribution >= 0.6 is 27.5 Å². The molecule has 0 atom stereocenters. The highest BCUT2D eigenvalue weighted by molar-refractivity contribution is 9.10. The molecule has 0 aliphatic rings. The molecule has 0 fully saturated rings. The van der Waals surface area contributed by atoms with Crippen molar-refractivity contribution < 1.29 is 13.9 Å². The van der Waals surface area contributed by atoms with Crippen LogP contribution in [0.3, 0.4) is 0 Å². The molecule has 0 heterocycles. The van der Waals surface area contributed by atoms with E-state index in [1.54, 1.807) is 24.3 Å². The summed E-state index contributed by atoms with van der Waals surface area (Å²) in [6, 6.07) is 10.6.